The van der Waals surface area contributed by atoms with E-state index in [2.05, 4.69) is 56.5 Å². The third kappa shape index (κ3) is 3.35. The van der Waals surface area contributed by atoms with Crippen LogP contribution >= 0.6 is 0 Å². The molecule has 4 unspecified atom stereocenters. The van der Waals surface area contributed by atoms with Crippen LogP contribution in [0.25, 0.3) is 0 Å². The zero-order valence-electron chi connectivity index (χ0n) is 12.0. The number of rotatable bonds is 7. The first-order chi connectivity index (χ1) is 8.76. The predicted molar refractivity (Wildman–Crippen MR) is 78.8 cm³/mol. The van der Waals surface area contributed by atoms with Crippen LogP contribution in [-0.4, -0.2) is 13.1 Å². The van der Waals surface area contributed by atoms with E-state index in [1.54, 1.807) is 0 Å². The minimum absolute atomic E-state index is 0.705. The van der Waals surface area contributed by atoms with Gasteiger partial charge in [0, 0.05) is 6.04 Å². The van der Waals surface area contributed by atoms with Gasteiger partial charge in [0.05, 0.1) is 0 Å². The van der Waals surface area contributed by atoms with E-state index in [0.717, 1.165) is 17.8 Å². The SMILES string of the molecule is CCCC(C)CC(NC)C1CC1c1ccccc1. The normalized spacial score (nSPS) is 25.7. The summed E-state index contributed by atoms with van der Waals surface area (Å²) < 4.78 is 0. The highest BCUT2D eigenvalue weighted by Gasteiger charge is 2.43. The van der Waals surface area contributed by atoms with Gasteiger partial charge in [-0.1, -0.05) is 57.0 Å². The Morgan fingerprint density at radius 2 is 2.00 bits per heavy atom. The van der Waals surface area contributed by atoms with Gasteiger partial charge in [0.2, 0.25) is 0 Å². The standard InChI is InChI=1S/C17H27N/c1-4-8-13(2)11-17(18-3)16-12-15(16)14-9-6-5-7-10-14/h5-7,9-10,13,15-18H,4,8,11-12H2,1-3H3. The fourth-order valence-electron chi connectivity index (χ4n) is 3.29. The average molecular weight is 245 g/mol. The molecule has 1 nitrogen and oxygen atoms in total. The fourth-order valence-corrected chi connectivity index (χ4v) is 3.29. The molecule has 0 radical (unpaired) electrons. The lowest BCUT2D eigenvalue weighted by molar-refractivity contribution is 0.368. The first-order valence-corrected chi connectivity index (χ1v) is 7.48. The molecule has 0 heterocycles. The first kappa shape index (κ1) is 13.6. The second-order valence-corrected chi connectivity index (χ2v) is 5.94. The van der Waals surface area contributed by atoms with Crippen LogP contribution < -0.4 is 5.32 Å². The Bertz CT molecular complexity index is 346. The summed E-state index contributed by atoms with van der Waals surface area (Å²) in [4.78, 5) is 0. The van der Waals surface area contributed by atoms with Gasteiger partial charge in [-0.15, -0.1) is 0 Å². The summed E-state index contributed by atoms with van der Waals surface area (Å²) in [6.45, 7) is 4.68. The average Bonchev–Trinajstić information content (AvgIpc) is 3.17. The predicted octanol–water partition coefficient (Wildman–Crippen LogP) is 4.20. The van der Waals surface area contributed by atoms with Gasteiger partial charge in [0.1, 0.15) is 0 Å². The first-order valence-electron chi connectivity index (χ1n) is 7.48. The van der Waals surface area contributed by atoms with E-state index in [-0.39, 0.29) is 0 Å². The largest absolute Gasteiger partial charge is 0.317 e. The molecule has 18 heavy (non-hydrogen) atoms. The summed E-state index contributed by atoms with van der Waals surface area (Å²) in [5.74, 6) is 2.51. The quantitative estimate of drug-likeness (QED) is 0.759. The molecule has 1 fully saturated rings. The molecular formula is C17H27N. The Kier molecular flexibility index (Phi) is 4.82. The van der Waals surface area contributed by atoms with Crippen molar-refractivity contribution in [2.45, 2.75) is 51.5 Å². The summed E-state index contributed by atoms with van der Waals surface area (Å²) in [6, 6.07) is 11.7. The Hall–Kier alpha value is -0.820. The number of nitrogens with one attached hydrogen (secondary N) is 1. The molecule has 4 atom stereocenters. The fraction of sp³-hybridized carbons (Fsp3) is 0.647. The zero-order chi connectivity index (χ0) is 13.0. The Morgan fingerprint density at radius 1 is 1.28 bits per heavy atom. The van der Waals surface area contributed by atoms with E-state index in [0.29, 0.717) is 6.04 Å². The molecule has 0 spiro atoms. The lowest BCUT2D eigenvalue weighted by atomic mass is 9.93. The highest BCUT2D eigenvalue weighted by molar-refractivity contribution is 5.26. The zero-order valence-corrected chi connectivity index (χ0v) is 12.0. The van der Waals surface area contributed by atoms with Gasteiger partial charge in [-0.2, -0.15) is 0 Å². The van der Waals surface area contributed by atoms with Crippen LogP contribution in [0.2, 0.25) is 0 Å². The maximum atomic E-state index is 3.55. The van der Waals surface area contributed by atoms with Crippen molar-refractivity contribution in [2.75, 3.05) is 7.05 Å². The van der Waals surface area contributed by atoms with Gasteiger partial charge < -0.3 is 5.32 Å². The topological polar surface area (TPSA) is 12.0 Å². The van der Waals surface area contributed by atoms with Crippen LogP contribution in [0.5, 0.6) is 0 Å². The molecule has 1 N–H and O–H groups in total. The third-order valence-corrected chi connectivity index (χ3v) is 4.39. The van der Waals surface area contributed by atoms with Crippen LogP contribution in [0.1, 0.15) is 51.0 Å². The molecule has 1 aliphatic carbocycles. The number of hydrogen-bond acceptors (Lipinski definition) is 1. The molecule has 0 aromatic heterocycles. The van der Waals surface area contributed by atoms with E-state index < -0.39 is 0 Å². The molecule has 0 amide bonds. The lowest BCUT2D eigenvalue weighted by Crippen LogP contribution is -2.30. The second-order valence-electron chi connectivity index (χ2n) is 5.94. The summed E-state index contributed by atoms with van der Waals surface area (Å²) in [5, 5.41) is 3.55. The van der Waals surface area contributed by atoms with Crippen molar-refractivity contribution in [3.8, 4) is 0 Å². The molecule has 1 aromatic rings. The van der Waals surface area contributed by atoms with Crippen molar-refractivity contribution in [1.82, 2.24) is 5.32 Å². The Labute approximate surface area is 112 Å². The highest BCUT2D eigenvalue weighted by Crippen LogP contribution is 2.50. The van der Waals surface area contributed by atoms with Crippen molar-refractivity contribution in [3.63, 3.8) is 0 Å². The number of benzene rings is 1. The van der Waals surface area contributed by atoms with Crippen molar-refractivity contribution in [3.05, 3.63) is 35.9 Å². The van der Waals surface area contributed by atoms with Gasteiger partial charge in [0.25, 0.3) is 0 Å². The van der Waals surface area contributed by atoms with E-state index >= 15 is 0 Å². The molecule has 1 saturated carbocycles. The molecular weight excluding hydrogens is 218 g/mol. The minimum atomic E-state index is 0.705. The monoisotopic (exact) mass is 245 g/mol. The summed E-state index contributed by atoms with van der Waals surface area (Å²) in [6.07, 6.45) is 5.37. The van der Waals surface area contributed by atoms with Crippen LogP contribution in [-0.2, 0) is 0 Å². The minimum Gasteiger partial charge on any atom is -0.317 e. The van der Waals surface area contributed by atoms with E-state index in [1.165, 1.54) is 31.2 Å². The second kappa shape index (κ2) is 6.38. The molecule has 0 saturated heterocycles. The van der Waals surface area contributed by atoms with E-state index in [1.807, 2.05) is 0 Å². The third-order valence-electron chi connectivity index (χ3n) is 4.39. The van der Waals surface area contributed by atoms with Crippen molar-refractivity contribution < 1.29 is 0 Å². The van der Waals surface area contributed by atoms with Gasteiger partial charge in [-0.3, -0.25) is 0 Å². The van der Waals surface area contributed by atoms with Crippen molar-refractivity contribution in [1.29, 1.82) is 0 Å². The van der Waals surface area contributed by atoms with E-state index in [9.17, 15) is 0 Å². The van der Waals surface area contributed by atoms with Crippen LogP contribution in [0, 0.1) is 11.8 Å². The molecule has 1 aromatic carbocycles. The molecule has 1 aliphatic rings. The van der Waals surface area contributed by atoms with Gasteiger partial charge in [0.15, 0.2) is 0 Å². The van der Waals surface area contributed by atoms with E-state index in [4.69, 9.17) is 0 Å². The summed E-state index contributed by atoms with van der Waals surface area (Å²) >= 11 is 0. The van der Waals surface area contributed by atoms with Gasteiger partial charge in [-0.25, -0.2) is 0 Å². The van der Waals surface area contributed by atoms with Crippen LogP contribution in [0.15, 0.2) is 30.3 Å². The van der Waals surface area contributed by atoms with Crippen molar-refractivity contribution in [2.24, 2.45) is 11.8 Å². The lowest BCUT2D eigenvalue weighted by Gasteiger charge is -2.20. The summed E-state index contributed by atoms with van der Waals surface area (Å²) in [7, 11) is 2.13. The van der Waals surface area contributed by atoms with Crippen molar-refractivity contribution >= 4 is 0 Å². The summed E-state index contributed by atoms with van der Waals surface area (Å²) in [5.41, 5.74) is 1.53. The molecule has 100 valence electrons. The molecule has 0 bridgehead atoms. The number of hydrogen-bond donors (Lipinski definition) is 1. The van der Waals surface area contributed by atoms with Gasteiger partial charge >= 0.3 is 0 Å². The Morgan fingerprint density at radius 3 is 2.61 bits per heavy atom. The maximum Gasteiger partial charge on any atom is 0.0101 e. The van der Waals surface area contributed by atoms with Gasteiger partial charge in [-0.05, 0) is 43.2 Å². The molecule has 1 heteroatoms. The smallest absolute Gasteiger partial charge is 0.0101 e. The molecule has 0 aliphatic heterocycles. The van der Waals surface area contributed by atoms with Crippen LogP contribution in [0.4, 0.5) is 0 Å². The van der Waals surface area contributed by atoms with Crippen LogP contribution in [0.3, 0.4) is 0 Å². The maximum absolute atomic E-state index is 3.55. The Balaban J connectivity index is 1.88. The highest BCUT2D eigenvalue weighted by atomic mass is 14.9. The molecule has 2 rings (SSSR count).